The molecule has 2 rings (SSSR count). The molecule has 3 nitrogen and oxygen atoms in total. The van der Waals surface area contributed by atoms with E-state index in [4.69, 9.17) is 4.74 Å². The fraction of sp³-hybridized carbons (Fsp3) is 0.0625. The van der Waals surface area contributed by atoms with Crippen LogP contribution < -0.4 is 10.1 Å². The molecule has 0 spiro atoms. The van der Waals surface area contributed by atoms with Crippen molar-refractivity contribution in [3.8, 4) is 5.75 Å². The van der Waals surface area contributed by atoms with Gasteiger partial charge >= 0.3 is 0 Å². The summed E-state index contributed by atoms with van der Waals surface area (Å²) in [7, 11) is 1.62. The summed E-state index contributed by atoms with van der Waals surface area (Å²) in [4.78, 5) is 11.8. The van der Waals surface area contributed by atoms with Crippen molar-refractivity contribution in [2.24, 2.45) is 0 Å². The number of nitrogens with one attached hydrogen (secondary N) is 1. The zero-order valence-electron chi connectivity index (χ0n) is 10.7. The molecule has 3 heteroatoms. The largest absolute Gasteiger partial charge is 0.497 e. The van der Waals surface area contributed by atoms with Gasteiger partial charge in [-0.3, -0.25) is 4.79 Å². The van der Waals surface area contributed by atoms with Crippen molar-refractivity contribution in [2.75, 3.05) is 12.4 Å². The Bertz CT molecular complexity index is 576. The predicted octanol–water partition coefficient (Wildman–Crippen LogP) is 3.50. The van der Waals surface area contributed by atoms with Crippen molar-refractivity contribution in [2.45, 2.75) is 0 Å². The van der Waals surface area contributed by atoms with Crippen molar-refractivity contribution in [1.29, 1.82) is 0 Å². The van der Waals surface area contributed by atoms with Gasteiger partial charge in [0.1, 0.15) is 5.75 Å². The number of carbonyl (C=O) groups excluding carboxylic acids is 1. The van der Waals surface area contributed by atoms with Gasteiger partial charge in [-0.15, -0.1) is 0 Å². The van der Waals surface area contributed by atoms with Gasteiger partial charge in [-0.05, 0) is 12.1 Å². The number of rotatable bonds is 5. The molecule has 2 aromatic carbocycles. The minimum atomic E-state index is -0.0315. The smallest absolute Gasteiger partial charge is 0.187 e. The van der Waals surface area contributed by atoms with Gasteiger partial charge < -0.3 is 10.1 Å². The topological polar surface area (TPSA) is 38.3 Å². The SMILES string of the molecule is COc1cccc(N/C=C\C(=O)c2ccccc2)c1. The summed E-state index contributed by atoms with van der Waals surface area (Å²) in [6.07, 6.45) is 3.14. The number of hydrogen-bond donors (Lipinski definition) is 1. The van der Waals surface area contributed by atoms with Gasteiger partial charge in [0.05, 0.1) is 7.11 Å². The average Bonchev–Trinajstić information content (AvgIpc) is 2.48. The van der Waals surface area contributed by atoms with Crippen LogP contribution in [0, 0.1) is 0 Å². The first kappa shape index (κ1) is 12.9. The molecule has 19 heavy (non-hydrogen) atoms. The van der Waals surface area contributed by atoms with Crippen LogP contribution in [0.3, 0.4) is 0 Å². The van der Waals surface area contributed by atoms with Crippen LogP contribution in [-0.2, 0) is 0 Å². The number of allylic oxidation sites excluding steroid dienone is 1. The second-order valence-electron chi connectivity index (χ2n) is 3.94. The first-order valence-electron chi connectivity index (χ1n) is 5.96. The monoisotopic (exact) mass is 253 g/mol. The van der Waals surface area contributed by atoms with Gasteiger partial charge in [0.25, 0.3) is 0 Å². The van der Waals surface area contributed by atoms with Crippen LogP contribution in [0.5, 0.6) is 5.75 Å². The van der Waals surface area contributed by atoms with E-state index in [1.165, 1.54) is 6.08 Å². The molecule has 0 amide bonds. The van der Waals surface area contributed by atoms with Crippen LogP contribution >= 0.6 is 0 Å². The van der Waals surface area contributed by atoms with Gasteiger partial charge in [0, 0.05) is 29.6 Å². The van der Waals surface area contributed by atoms with E-state index in [0.29, 0.717) is 5.56 Å². The van der Waals surface area contributed by atoms with E-state index in [1.54, 1.807) is 25.4 Å². The molecule has 0 fully saturated rings. The summed E-state index contributed by atoms with van der Waals surface area (Å²) in [5.41, 5.74) is 1.54. The van der Waals surface area contributed by atoms with E-state index < -0.39 is 0 Å². The summed E-state index contributed by atoms with van der Waals surface area (Å²) in [6, 6.07) is 16.7. The molecule has 0 unspecified atom stereocenters. The molecule has 0 saturated carbocycles. The van der Waals surface area contributed by atoms with Crippen LogP contribution in [0.4, 0.5) is 5.69 Å². The molecule has 96 valence electrons. The average molecular weight is 253 g/mol. The Morgan fingerprint density at radius 3 is 2.63 bits per heavy atom. The molecule has 0 bridgehead atoms. The van der Waals surface area contributed by atoms with Gasteiger partial charge in [-0.2, -0.15) is 0 Å². The molecule has 0 aliphatic heterocycles. The van der Waals surface area contributed by atoms with Crippen LogP contribution in [0.2, 0.25) is 0 Å². The molecule has 1 N–H and O–H groups in total. The Balaban J connectivity index is 1.98. The lowest BCUT2D eigenvalue weighted by molar-refractivity contribution is 0.104. The number of hydrogen-bond acceptors (Lipinski definition) is 3. The lowest BCUT2D eigenvalue weighted by Crippen LogP contribution is -1.95. The standard InChI is InChI=1S/C16H15NO2/c1-19-15-9-5-8-14(12-15)17-11-10-16(18)13-6-3-2-4-7-13/h2-12,17H,1H3/b11-10-. The molecule has 0 atom stereocenters. The van der Waals surface area contributed by atoms with Gasteiger partial charge in [-0.1, -0.05) is 36.4 Å². The zero-order chi connectivity index (χ0) is 13.5. The van der Waals surface area contributed by atoms with Crippen molar-refractivity contribution in [3.63, 3.8) is 0 Å². The molecule has 2 aromatic rings. The van der Waals surface area contributed by atoms with Crippen molar-refractivity contribution >= 4 is 11.5 Å². The molecular formula is C16H15NO2. The van der Waals surface area contributed by atoms with Gasteiger partial charge in [0.15, 0.2) is 5.78 Å². The van der Waals surface area contributed by atoms with E-state index in [1.807, 2.05) is 42.5 Å². The highest BCUT2D eigenvalue weighted by Gasteiger charge is 1.99. The quantitative estimate of drug-likeness (QED) is 0.654. The third-order valence-electron chi connectivity index (χ3n) is 2.61. The predicted molar refractivity (Wildman–Crippen MR) is 76.5 cm³/mol. The maximum absolute atomic E-state index is 11.8. The maximum Gasteiger partial charge on any atom is 0.187 e. The van der Waals surface area contributed by atoms with Crippen molar-refractivity contribution in [1.82, 2.24) is 0 Å². The third kappa shape index (κ3) is 3.71. The van der Waals surface area contributed by atoms with E-state index in [-0.39, 0.29) is 5.78 Å². The second kappa shape index (κ2) is 6.40. The normalized spacial score (nSPS) is 10.4. The van der Waals surface area contributed by atoms with Crippen LogP contribution in [0.15, 0.2) is 66.9 Å². The number of methoxy groups -OCH3 is 1. The molecule has 0 aromatic heterocycles. The third-order valence-corrected chi connectivity index (χ3v) is 2.61. The molecule has 0 aliphatic rings. The minimum absolute atomic E-state index is 0.0315. The number of benzene rings is 2. The lowest BCUT2D eigenvalue weighted by atomic mass is 10.1. The zero-order valence-corrected chi connectivity index (χ0v) is 10.7. The molecule has 0 radical (unpaired) electrons. The minimum Gasteiger partial charge on any atom is -0.497 e. The Kier molecular flexibility index (Phi) is 4.34. The Morgan fingerprint density at radius 1 is 1.11 bits per heavy atom. The Labute approximate surface area is 112 Å². The highest BCUT2D eigenvalue weighted by Crippen LogP contribution is 2.16. The number of anilines is 1. The highest BCUT2D eigenvalue weighted by atomic mass is 16.5. The summed E-state index contributed by atoms with van der Waals surface area (Å²) >= 11 is 0. The Hall–Kier alpha value is -2.55. The molecule has 0 aliphatic carbocycles. The fourth-order valence-electron chi connectivity index (χ4n) is 1.63. The molecular weight excluding hydrogens is 238 g/mol. The maximum atomic E-state index is 11.8. The second-order valence-corrected chi connectivity index (χ2v) is 3.94. The number of carbonyl (C=O) groups is 1. The summed E-state index contributed by atoms with van der Waals surface area (Å²) in [5.74, 6) is 0.740. The lowest BCUT2D eigenvalue weighted by Gasteiger charge is -2.03. The molecule has 0 saturated heterocycles. The van der Waals surface area contributed by atoms with Crippen LogP contribution in [0.25, 0.3) is 0 Å². The van der Waals surface area contributed by atoms with Gasteiger partial charge in [0.2, 0.25) is 0 Å². The van der Waals surface area contributed by atoms with Crippen LogP contribution in [0.1, 0.15) is 10.4 Å². The van der Waals surface area contributed by atoms with E-state index in [2.05, 4.69) is 5.32 Å². The number of ketones is 1. The van der Waals surface area contributed by atoms with E-state index >= 15 is 0 Å². The van der Waals surface area contributed by atoms with Crippen molar-refractivity contribution in [3.05, 3.63) is 72.4 Å². The summed E-state index contributed by atoms with van der Waals surface area (Å²) in [6.45, 7) is 0. The first-order valence-corrected chi connectivity index (χ1v) is 5.96. The summed E-state index contributed by atoms with van der Waals surface area (Å²) < 4.78 is 5.12. The van der Waals surface area contributed by atoms with E-state index in [0.717, 1.165) is 11.4 Å². The Morgan fingerprint density at radius 2 is 1.89 bits per heavy atom. The highest BCUT2D eigenvalue weighted by molar-refractivity contribution is 6.04. The van der Waals surface area contributed by atoms with Gasteiger partial charge in [-0.25, -0.2) is 0 Å². The fourth-order valence-corrected chi connectivity index (χ4v) is 1.63. The first-order chi connectivity index (χ1) is 9.29. The van der Waals surface area contributed by atoms with Crippen LogP contribution in [-0.4, -0.2) is 12.9 Å². The van der Waals surface area contributed by atoms with Crippen molar-refractivity contribution < 1.29 is 9.53 Å². The van der Waals surface area contributed by atoms with E-state index in [9.17, 15) is 4.79 Å². The number of ether oxygens (including phenoxy) is 1. The summed E-state index contributed by atoms with van der Waals surface area (Å²) in [5, 5.41) is 3.04. The molecule has 0 heterocycles.